The van der Waals surface area contributed by atoms with Crippen LogP contribution in [0.1, 0.15) is 22.8 Å². The second-order valence-electron chi connectivity index (χ2n) is 5.28. The lowest BCUT2D eigenvalue weighted by molar-refractivity contribution is -0.119. The van der Waals surface area contributed by atoms with Gasteiger partial charge in [-0.15, -0.1) is 0 Å². The highest BCUT2D eigenvalue weighted by Gasteiger charge is 2.11. The number of methoxy groups -OCH3 is 2. The van der Waals surface area contributed by atoms with E-state index in [9.17, 15) is 9.59 Å². The molecule has 0 aliphatic carbocycles. The highest BCUT2D eigenvalue weighted by Crippen LogP contribution is 2.25. The van der Waals surface area contributed by atoms with Crippen LogP contribution in [0.5, 0.6) is 11.5 Å². The van der Waals surface area contributed by atoms with Crippen molar-refractivity contribution < 1.29 is 23.8 Å². The van der Waals surface area contributed by atoms with E-state index in [4.69, 9.17) is 14.2 Å². The highest BCUT2D eigenvalue weighted by molar-refractivity contribution is 5.95. The van der Waals surface area contributed by atoms with Gasteiger partial charge in [-0.05, 0) is 24.1 Å². The monoisotopic (exact) mass is 343 g/mol. The van der Waals surface area contributed by atoms with E-state index in [0.29, 0.717) is 22.7 Å². The summed E-state index contributed by atoms with van der Waals surface area (Å²) in [5.41, 5.74) is 2.03. The molecule has 2 aromatic carbocycles. The molecule has 6 nitrogen and oxygen atoms in total. The van der Waals surface area contributed by atoms with Crippen molar-refractivity contribution in [3.8, 4) is 11.5 Å². The Morgan fingerprint density at radius 2 is 1.56 bits per heavy atom. The maximum Gasteiger partial charge on any atom is 0.338 e. The van der Waals surface area contributed by atoms with Crippen molar-refractivity contribution in [3.05, 3.63) is 53.6 Å². The van der Waals surface area contributed by atoms with Crippen molar-refractivity contribution in [3.63, 3.8) is 0 Å². The summed E-state index contributed by atoms with van der Waals surface area (Å²) < 4.78 is 15.3. The molecule has 6 heteroatoms. The molecule has 0 atom stereocenters. The number of nitrogens with one attached hydrogen (secondary N) is 1. The van der Waals surface area contributed by atoms with Crippen LogP contribution in [0.3, 0.4) is 0 Å². The number of anilines is 1. The molecule has 2 aromatic rings. The summed E-state index contributed by atoms with van der Waals surface area (Å²) in [6.45, 7) is 1.65. The number of carbonyl (C=O) groups is 2. The first-order valence-electron chi connectivity index (χ1n) is 7.84. The van der Waals surface area contributed by atoms with E-state index in [1.807, 2.05) is 19.1 Å². The van der Waals surface area contributed by atoms with Gasteiger partial charge in [-0.2, -0.15) is 0 Å². The van der Waals surface area contributed by atoms with Gasteiger partial charge in [-0.1, -0.05) is 19.1 Å². The molecule has 0 saturated heterocycles. The lowest BCUT2D eigenvalue weighted by atomic mass is 10.1. The third-order valence-electron chi connectivity index (χ3n) is 3.57. The molecule has 1 amide bonds. The van der Waals surface area contributed by atoms with Crippen LogP contribution in [0.2, 0.25) is 0 Å². The van der Waals surface area contributed by atoms with Crippen LogP contribution in [0.4, 0.5) is 5.69 Å². The summed E-state index contributed by atoms with van der Waals surface area (Å²) in [6, 6.07) is 12.1. The van der Waals surface area contributed by atoms with Gasteiger partial charge in [-0.25, -0.2) is 4.79 Å². The molecule has 0 bridgehead atoms. The molecule has 132 valence electrons. The molecule has 0 aromatic heterocycles. The molecule has 0 aliphatic heterocycles. The Balaban J connectivity index is 1.92. The molecule has 0 fully saturated rings. The first-order valence-corrected chi connectivity index (χ1v) is 7.84. The van der Waals surface area contributed by atoms with Crippen LogP contribution in [-0.4, -0.2) is 32.7 Å². The second-order valence-corrected chi connectivity index (χ2v) is 5.28. The highest BCUT2D eigenvalue weighted by atomic mass is 16.5. The third-order valence-corrected chi connectivity index (χ3v) is 3.57. The number of benzene rings is 2. The van der Waals surface area contributed by atoms with E-state index in [1.54, 1.807) is 30.3 Å². The molecule has 0 unspecified atom stereocenters. The molecular weight excluding hydrogens is 322 g/mol. The van der Waals surface area contributed by atoms with Gasteiger partial charge in [0.05, 0.1) is 19.8 Å². The number of carbonyl (C=O) groups excluding carboxylic acids is 2. The van der Waals surface area contributed by atoms with Gasteiger partial charge >= 0.3 is 5.97 Å². The van der Waals surface area contributed by atoms with Crippen LogP contribution in [0.15, 0.2) is 42.5 Å². The van der Waals surface area contributed by atoms with Crippen LogP contribution in [0.25, 0.3) is 0 Å². The van der Waals surface area contributed by atoms with Gasteiger partial charge in [0.25, 0.3) is 5.91 Å². The fraction of sp³-hybridized carbons (Fsp3) is 0.263. The minimum atomic E-state index is -0.541. The molecule has 0 radical (unpaired) electrons. The normalized spacial score (nSPS) is 10.0. The summed E-state index contributed by atoms with van der Waals surface area (Å²) >= 11 is 0. The Morgan fingerprint density at radius 1 is 0.960 bits per heavy atom. The summed E-state index contributed by atoms with van der Waals surface area (Å²) in [5.74, 6) is 0.0974. The predicted octanol–water partition coefficient (Wildman–Crippen LogP) is 3.06. The van der Waals surface area contributed by atoms with E-state index in [1.165, 1.54) is 14.2 Å². The Labute approximate surface area is 146 Å². The van der Waals surface area contributed by atoms with Crippen LogP contribution in [-0.2, 0) is 16.0 Å². The number of rotatable bonds is 7. The van der Waals surface area contributed by atoms with E-state index < -0.39 is 11.9 Å². The largest absolute Gasteiger partial charge is 0.497 e. The Kier molecular flexibility index (Phi) is 6.39. The molecule has 2 rings (SSSR count). The lowest BCUT2D eigenvalue weighted by Gasteiger charge is -2.10. The third kappa shape index (κ3) is 5.24. The zero-order valence-corrected chi connectivity index (χ0v) is 14.5. The van der Waals surface area contributed by atoms with Gasteiger partial charge in [0, 0.05) is 23.9 Å². The summed E-state index contributed by atoms with van der Waals surface area (Å²) in [4.78, 5) is 23.9. The van der Waals surface area contributed by atoms with Crippen molar-refractivity contribution in [2.24, 2.45) is 0 Å². The van der Waals surface area contributed by atoms with Crippen molar-refractivity contribution >= 4 is 17.6 Å². The topological polar surface area (TPSA) is 73.9 Å². The average Bonchev–Trinajstić information content (AvgIpc) is 2.65. The van der Waals surface area contributed by atoms with Crippen LogP contribution >= 0.6 is 0 Å². The van der Waals surface area contributed by atoms with Gasteiger partial charge in [0.15, 0.2) is 6.61 Å². The molecule has 0 saturated carbocycles. The fourth-order valence-corrected chi connectivity index (χ4v) is 2.17. The van der Waals surface area contributed by atoms with Gasteiger partial charge in [0.2, 0.25) is 0 Å². The van der Waals surface area contributed by atoms with Crippen molar-refractivity contribution in [2.45, 2.75) is 13.3 Å². The molecule has 0 aliphatic rings. The number of hydrogen-bond donors (Lipinski definition) is 1. The quantitative estimate of drug-likeness (QED) is 0.782. The summed E-state index contributed by atoms with van der Waals surface area (Å²) in [7, 11) is 3.04. The minimum Gasteiger partial charge on any atom is -0.497 e. The first kappa shape index (κ1) is 18.3. The number of hydrogen-bond acceptors (Lipinski definition) is 5. The molecule has 0 spiro atoms. The minimum absolute atomic E-state index is 0.381. The molecular formula is C19H21NO5. The van der Waals surface area contributed by atoms with Gasteiger partial charge in [-0.3, -0.25) is 4.79 Å². The van der Waals surface area contributed by atoms with E-state index in [-0.39, 0.29) is 6.61 Å². The van der Waals surface area contributed by atoms with E-state index in [0.717, 1.165) is 12.0 Å². The summed E-state index contributed by atoms with van der Waals surface area (Å²) in [6.07, 6.45) is 0.891. The number of aryl methyl sites for hydroxylation is 1. The molecule has 1 N–H and O–H groups in total. The number of amides is 1. The standard InChI is InChI=1S/C19H21NO5/c1-4-13-5-7-14(8-6-13)19(22)25-12-18(21)20-15-9-16(23-2)11-17(10-15)24-3/h5-11H,4,12H2,1-3H3,(H,20,21). The smallest absolute Gasteiger partial charge is 0.338 e. The second kappa shape index (κ2) is 8.73. The zero-order chi connectivity index (χ0) is 18.2. The fourth-order valence-electron chi connectivity index (χ4n) is 2.17. The Morgan fingerprint density at radius 3 is 2.08 bits per heavy atom. The molecule has 25 heavy (non-hydrogen) atoms. The van der Waals surface area contributed by atoms with Crippen molar-refractivity contribution in [1.82, 2.24) is 0 Å². The maximum absolute atomic E-state index is 12.0. The average molecular weight is 343 g/mol. The predicted molar refractivity (Wildman–Crippen MR) is 94.3 cm³/mol. The van der Waals surface area contributed by atoms with E-state index >= 15 is 0 Å². The van der Waals surface area contributed by atoms with Gasteiger partial charge in [0.1, 0.15) is 11.5 Å². The van der Waals surface area contributed by atoms with Crippen LogP contribution < -0.4 is 14.8 Å². The number of esters is 1. The molecule has 0 heterocycles. The first-order chi connectivity index (χ1) is 12.0. The van der Waals surface area contributed by atoms with Crippen LogP contribution in [0, 0.1) is 0 Å². The Hall–Kier alpha value is -3.02. The summed E-state index contributed by atoms with van der Waals surface area (Å²) in [5, 5.41) is 2.64. The Bertz CT molecular complexity index is 718. The maximum atomic E-state index is 12.0. The van der Waals surface area contributed by atoms with Crippen molar-refractivity contribution in [2.75, 3.05) is 26.1 Å². The van der Waals surface area contributed by atoms with Crippen molar-refractivity contribution in [1.29, 1.82) is 0 Å². The SMILES string of the molecule is CCc1ccc(C(=O)OCC(=O)Nc2cc(OC)cc(OC)c2)cc1. The van der Waals surface area contributed by atoms with E-state index in [2.05, 4.69) is 5.32 Å². The lowest BCUT2D eigenvalue weighted by Crippen LogP contribution is -2.21. The number of ether oxygens (including phenoxy) is 3. The zero-order valence-electron chi connectivity index (χ0n) is 14.5. The van der Waals surface area contributed by atoms with Gasteiger partial charge < -0.3 is 19.5 Å².